The van der Waals surface area contributed by atoms with E-state index in [4.69, 9.17) is 5.73 Å². The molecule has 1 saturated heterocycles. The van der Waals surface area contributed by atoms with Crippen LogP contribution in [0.5, 0.6) is 0 Å². The third-order valence-electron chi connectivity index (χ3n) is 3.43. The van der Waals surface area contributed by atoms with Crippen LogP contribution in [0.3, 0.4) is 0 Å². The fourth-order valence-electron chi connectivity index (χ4n) is 2.48. The third-order valence-corrected chi connectivity index (χ3v) is 3.43. The molecule has 0 aliphatic carbocycles. The second-order valence-electron chi connectivity index (χ2n) is 4.71. The van der Waals surface area contributed by atoms with Gasteiger partial charge in [0.1, 0.15) is 5.82 Å². The Kier molecular flexibility index (Phi) is 2.69. The molecule has 3 nitrogen and oxygen atoms in total. The lowest BCUT2D eigenvalue weighted by atomic mass is 10.1. The van der Waals surface area contributed by atoms with Crippen molar-refractivity contribution in [2.24, 2.45) is 0 Å². The maximum Gasteiger partial charge on any atom is 0.128 e. The molecule has 17 heavy (non-hydrogen) atoms. The van der Waals surface area contributed by atoms with Crippen LogP contribution < -0.4 is 5.73 Å². The zero-order valence-corrected chi connectivity index (χ0v) is 9.89. The van der Waals surface area contributed by atoms with E-state index in [1.165, 1.54) is 31.3 Å². The van der Waals surface area contributed by atoms with Crippen molar-refractivity contribution < 1.29 is 0 Å². The van der Waals surface area contributed by atoms with Gasteiger partial charge in [-0.3, -0.25) is 4.90 Å². The fraction of sp³-hybridized carbons (Fsp3) is 0.357. The number of hydrogen-bond acceptors (Lipinski definition) is 3. The van der Waals surface area contributed by atoms with Gasteiger partial charge in [0, 0.05) is 17.5 Å². The molecule has 1 aromatic heterocycles. The van der Waals surface area contributed by atoms with Crippen molar-refractivity contribution in [2.45, 2.75) is 19.4 Å². The number of pyridine rings is 1. The van der Waals surface area contributed by atoms with Crippen LogP contribution in [-0.2, 0) is 6.54 Å². The minimum atomic E-state index is 0.676. The van der Waals surface area contributed by atoms with Gasteiger partial charge in [-0.05, 0) is 38.1 Å². The van der Waals surface area contributed by atoms with E-state index in [1.54, 1.807) is 0 Å². The Bertz CT molecular complexity index is 530. The normalized spacial score (nSPS) is 16.7. The lowest BCUT2D eigenvalue weighted by Gasteiger charge is -2.16. The molecule has 2 heterocycles. The predicted octanol–water partition coefficient (Wildman–Crippen LogP) is 2.41. The zero-order valence-electron chi connectivity index (χ0n) is 9.89. The molecule has 0 amide bonds. The van der Waals surface area contributed by atoms with Crippen LogP contribution in [0.1, 0.15) is 18.4 Å². The van der Waals surface area contributed by atoms with Crippen molar-refractivity contribution in [3.63, 3.8) is 0 Å². The molecule has 0 atom stereocenters. The van der Waals surface area contributed by atoms with Crippen molar-refractivity contribution in [2.75, 3.05) is 18.8 Å². The van der Waals surface area contributed by atoms with Crippen LogP contribution in [0.2, 0.25) is 0 Å². The first kappa shape index (κ1) is 10.5. The molecule has 3 rings (SSSR count). The number of para-hydroxylation sites is 1. The molecular weight excluding hydrogens is 210 g/mol. The molecular formula is C14H17N3. The molecule has 0 radical (unpaired) electrons. The monoisotopic (exact) mass is 227 g/mol. The summed E-state index contributed by atoms with van der Waals surface area (Å²) >= 11 is 0. The average Bonchev–Trinajstić information content (AvgIpc) is 2.83. The Labute approximate surface area is 101 Å². The number of nitrogens with zero attached hydrogens (tertiary/aromatic N) is 2. The summed E-state index contributed by atoms with van der Waals surface area (Å²) < 4.78 is 0. The standard InChI is InChI=1S/C14H17N3/c15-14-12(10-17-7-3-4-8-17)9-11-5-1-2-6-13(11)16-14/h1-2,5-6,9H,3-4,7-8,10H2,(H2,15,16). The number of aromatic nitrogens is 1. The molecule has 1 aliphatic rings. The molecule has 0 spiro atoms. The summed E-state index contributed by atoms with van der Waals surface area (Å²) in [5, 5.41) is 1.18. The van der Waals surface area contributed by atoms with Crippen LogP contribution in [0.4, 0.5) is 5.82 Å². The fourth-order valence-corrected chi connectivity index (χ4v) is 2.48. The molecule has 0 saturated carbocycles. The Hall–Kier alpha value is -1.61. The molecule has 1 fully saturated rings. The van der Waals surface area contributed by atoms with Crippen LogP contribution >= 0.6 is 0 Å². The van der Waals surface area contributed by atoms with Crippen LogP contribution in [0.15, 0.2) is 30.3 Å². The summed E-state index contributed by atoms with van der Waals surface area (Å²) in [6.07, 6.45) is 2.61. The highest BCUT2D eigenvalue weighted by atomic mass is 15.1. The number of likely N-dealkylation sites (tertiary alicyclic amines) is 1. The second kappa shape index (κ2) is 4.34. The molecule has 2 N–H and O–H groups in total. The zero-order chi connectivity index (χ0) is 11.7. The summed E-state index contributed by atoms with van der Waals surface area (Å²) in [4.78, 5) is 6.92. The van der Waals surface area contributed by atoms with E-state index >= 15 is 0 Å². The average molecular weight is 227 g/mol. The van der Waals surface area contributed by atoms with E-state index in [0.29, 0.717) is 5.82 Å². The van der Waals surface area contributed by atoms with Gasteiger partial charge in [-0.15, -0.1) is 0 Å². The molecule has 2 aromatic rings. The van der Waals surface area contributed by atoms with Gasteiger partial charge in [-0.1, -0.05) is 18.2 Å². The van der Waals surface area contributed by atoms with Gasteiger partial charge in [-0.25, -0.2) is 4.98 Å². The quantitative estimate of drug-likeness (QED) is 0.856. The van der Waals surface area contributed by atoms with Gasteiger partial charge in [0.25, 0.3) is 0 Å². The lowest BCUT2D eigenvalue weighted by molar-refractivity contribution is 0.332. The molecule has 0 unspecified atom stereocenters. The predicted molar refractivity (Wildman–Crippen MR) is 70.7 cm³/mol. The first-order valence-corrected chi connectivity index (χ1v) is 6.19. The summed E-state index contributed by atoms with van der Waals surface area (Å²) in [5.41, 5.74) is 8.17. The molecule has 1 aliphatic heterocycles. The molecule has 1 aromatic carbocycles. The maximum absolute atomic E-state index is 6.03. The lowest BCUT2D eigenvalue weighted by Crippen LogP contribution is -2.19. The summed E-state index contributed by atoms with van der Waals surface area (Å²) in [7, 11) is 0. The van der Waals surface area contributed by atoms with Gasteiger partial charge in [-0.2, -0.15) is 0 Å². The highest BCUT2D eigenvalue weighted by Crippen LogP contribution is 2.21. The van der Waals surface area contributed by atoms with Crippen LogP contribution in [0, 0.1) is 0 Å². The largest absolute Gasteiger partial charge is 0.383 e. The van der Waals surface area contributed by atoms with Gasteiger partial charge in [0.15, 0.2) is 0 Å². The number of hydrogen-bond donors (Lipinski definition) is 1. The van der Waals surface area contributed by atoms with Gasteiger partial charge < -0.3 is 5.73 Å². The van der Waals surface area contributed by atoms with Gasteiger partial charge in [0.2, 0.25) is 0 Å². The highest BCUT2D eigenvalue weighted by Gasteiger charge is 2.13. The highest BCUT2D eigenvalue weighted by molar-refractivity contribution is 5.81. The van der Waals surface area contributed by atoms with Gasteiger partial charge >= 0.3 is 0 Å². The van der Waals surface area contributed by atoms with Crippen molar-refractivity contribution in [1.29, 1.82) is 0 Å². The number of rotatable bonds is 2. The number of nitrogens with two attached hydrogens (primary N) is 1. The number of benzene rings is 1. The van der Waals surface area contributed by atoms with Crippen molar-refractivity contribution >= 4 is 16.7 Å². The van der Waals surface area contributed by atoms with E-state index in [0.717, 1.165) is 17.6 Å². The Morgan fingerprint density at radius 1 is 1.18 bits per heavy atom. The molecule has 0 bridgehead atoms. The Morgan fingerprint density at radius 2 is 1.94 bits per heavy atom. The topological polar surface area (TPSA) is 42.1 Å². The smallest absolute Gasteiger partial charge is 0.128 e. The van der Waals surface area contributed by atoms with E-state index < -0.39 is 0 Å². The van der Waals surface area contributed by atoms with Crippen molar-refractivity contribution in [3.8, 4) is 0 Å². The summed E-state index contributed by atoms with van der Waals surface area (Å²) in [6.45, 7) is 3.31. The van der Waals surface area contributed by atoms with E-state index in [9.17, 15) is 0 Å². The van der Waals surface area contributed by atoms with Gasteiger partial charge in [0.05, 0.1) is 5.52 Å². The number of nitrogen functional groups attached to an aromatic ring is 1. The van der Waals surface area contributed by atoms with Crippen LogP contribution in [-0.4, -0.2) is 23.0 Å². The van der Waals surface area contributed by atoms with Crippen molar-refractivity contribution in [1.82, 2.24) is 9.88 Å². The summed E-state index contributed by atoms with van der Waals surface area (Å²) in [5.74, 6) is 0.676. The Morgan fingerprint density at radius 3 is 2.76 bits per heavy atom. The SMILES string of the molecule is Nc1nc2ccccc2cc1CN1CCCC1. The number of fused-ring (bicyclic) bond motifs is 1. The molecule has 3 heteroatoms. The maximum atomic E-state index is 6.03. The van der Waals surface area contributed by atoms with Crippen LogP contribution in [0.25, 0.3) is 10.9 Å². The van der Waals surface area contributed by atoms with Crippen molar-refractivity contribution in [3.05, 3.63) is 35.9 Å². The third kappa shape index (κ3) is 2.11. The summed E-state index contributed by atoms with van der Waals surface area (Å²) in [6, 6.07) is 10.3. The Balaban J connectivity index is 1.95. The second-order valence-corrected chi connectivity index (χ2v) is 4.71. The minimum absolute atomic E-state index is 0.676. The van der Waals surface area contributed by atoms with E-state index in [2.05, 4.69) is 22.0 Å². The van der Waals surface area contributed by atoms with E-state index in [1.807, 2.05) is 18.2 Å². The number of anilines is 1. The minimum Gasteiger partial charge on any atom is -0.383 e. The van der Waals surface area contributed by atoms with E-state index in [-0.39, 0.29) is 0 Å². The molecule has 88 valence electrons. The first-order chi connectivity index (χ1) is 8.33. The first-order valence-electron chi connectivity index (χ1n) is 6.19.